The maximum atomic E-state index is 12.5. The highest BCUT2D eigenvalue weighted by atomic mass is 16.5. The Kier molecular flexibility index (Phi) is 4.94. The van der Waals surface area contributed by atoms with Crippen LogP contribution in [0.5, 0.6) is 0 Å². The standard InChI is InChI=1S/C18H23N3O3/c1-11(2)15(8-9-22)19-17(23)14-5-3-4-13(10-14)16-20-18(24-21-16)12-6-7-12/h3-5,10-12,15,22H,6-9H2,1-2H3,(H,19,23). The van der Waals surface area contributed by atoms with Crippen LogP contribution in [0.25, 0.3) is 11.4 Å². The fourth-order valence-corrected chi connectivity index (χ4v) is 2.61. The second-order valence-electron chi connectivity index (χ2n) is 6.65. The molecular formula is C18H23N3O3. The number of hydrogen-bond donors (Lipinski definition) is 2. The van der Waals surface area contributed by atoms with Crippen molar-refractivity contribution in [2.75, 3.05) is 6.61 Å². The monoisotopic (exact) mass is 329 g/mol. The Labute approximate surface area is 141 Å². The molecular weight excluding hydrogens is 306 g/mol. The third-order valence-electron chi connectivity index (χ3n) is 4.31. The molecule has 0 saturated heterocycles. The summed E-state index contributed by atoms with van der Waals surface area (Å²) in [6.07, 6.45) is 2.75. The van der Waals surface area contributed by atoms with E-state index in [1.54, 1.807) is 12.1 Å². The van der Waals surface area contributed by atoms with Gasteiger partial charge in [-0.25, -0.2) is 0 Å². The lowest BCUT2D eigenvalue weighted by atomic mass is 10.0. The highest BCUT2D eigenvalue weighted by Gasteiger charge is 2.29. The van der Waals surface area contributed by atoms with Gasteiger partial charge >= 0.3 is 0 Å². The number of carbonyl (C=O) groups excluding carboxylic acids is 1. The van der Waals surface area contributed by atoms with Crippen molar-refractivity contribution < 1.29 is 14.4 Å². The van der Waals surface area contributed by atoms with E-state index >= 15 is 0 Å². The summed E-state index contributed by atoms with van der Waals surface area (Å²) in [4.78, 5) is 16.9. The van der Waals surface area contributed by atoms with E-state index in [1.807, 2.05) is 26.0 Å². The van der Waals surface area contributed by atoms with Gasteiger partial charge in [-0.05, 0) is 37.3 Å². The van der Waals surface area contributed by atoms with E-state index in [-0.39, 0.29) is 24.5 Å². The molecule has 1 amide bonds. The molecule has 128 valence electrons. The van der Waals surface area contributed by atoms with Gasteiger partial charge in [-0.3, -0.25) is 4.79 Å². The second-order valence-corrected chi connectivity index (χ2v) is 6.65. The maximum Gasteiger partial charge on any atom is 0.251 e. The molecule has 0 aliphatic heterocycles. The summed E-state index contributed by atoms with van der Waals surface area (Å²) in [6.45, 7) is 4.10. The molecule has 6 heteroatoms. The van der Waals surface area contributed by atoms with Crippen molar-refractivity contribution in [1.29, 1.82) is 0 Å². The number of nitrogens with one attached hydrogen (secondary N) is 1. The van der Waals surface area contributed by atoms with Crippen molar-refractivity contribution in [2.45, 2.75) is 45.1 Å². The zero-order valence-corrected chi connectivity index (χ0v) is 14.0. The van der Waals surface area contributed by atoms with E-state index in [0.717, 1.165) is 18.4 Å². The van der Waals surface area contributed by atoms with Crippen LogP contribution in [0.15, 0.2) is 28.8 Å². The van der Waals surface area contributed by atoms with E-state index < -0.39 is 0 Å². The Morgan fingerprint density at radius 3 is 2.88 bits per heavy atom. The van der Waals surface area contributed by atoms with Crippen LogP contribution in [0.3, 0.4) is 0 Å². The van der Waals surface area contributed by atoms with Gasteiger partial charge in [0, 0.05) is 29.7 Å². The highest BCUT2D eigenvalue weighted by molar-refractivity contribution is 5.95. The molecule has 1 aromatic carbocycles. The molecule has 6 nitrogen and oxygen atoms in total. The summed E-state index contributed by atoms with van der Waals surface area (Å²) in [5.74, 6) is 1.70. The van der Waals surface area contributed by atoms with Crippen molar-refractivity contribution >= 4 is 5.91 Å². The predicted octanol–water partition coefficient (Wildman–Crippen LogP) is 2.75. The van der Waals surface area contributed by atoms with E-state index in [4.69, 9.17) is 9.63 Å². The molecule has 1 aromatic heterocycles. The second kappa shape index (κ2) is 7.13. The largest absolute Gasteiger partial charge is 0.396 e. The number of aliphatic hydroxyl groups is 1. The molecule has 24 heavy (non-hydrogen) atoms. The molecule has 0 radical (unpaired) electrons. The molecule has 0 spiro atoms. The van der Waals surface area contributed by atoms with Crippen LogP contribution in [0.1, 0.15) is 55.3 Å². The molecule has 1 aliphatic rings. The number of aliphatic hydroxyl groups excluding tert-OH is 1. The minimum atomic E-state index is -0.157. The van der Waals surface area contributed by atoms with Gasteiger partial charge < -0.3 is 14.9 Å². The lowest BCUT2D eigenvalue weighted by Crippen LogP contribution is -2.39. The van der Waals surface area contributed by atoms with Crippen molar-refractivity contribution in [3.63, 3.8) is 0 Å². The summed E-state index contributed by atoms with van der Waals surface area (Å²) < 4.78 is 5.28. The van der Waals surface area contributed by atoms with Crippen molar-refractivity contribution in [3.05, 3.63) is 35.7 Å². The molecule has 2 aromatic rings. The SMILES string of the molecule is CC(C)C(CCO)NC(=O)c1cccc(-c2noc(C3CC3)n2)c1. The van der Waals surface area contributed by atoms with Crippen molar-refractivity contribution in [2.24, 2.45) is 5.92 Å². The van der Waals surface area contributed by atoms with Crippen LogP contribution in [0.4, 0.5) is 0 Å². The summed E-state index contributed by atoms with van der Waals surface area (Å²) in [5.41, 5.74) is 1.32. The number of amides is 1. The molecule has 1 aliphatic carbocycles. The fourth-order valence-electron chi connectivity index (χ4n) is 2.61. The molecule has 1 atom stereocenters. The Morgan fingerprint density at radius 2 is 2.21 bits per heavy atom. The summed E-state index contributed by atoms with van der Waals surface area (Å²) in [6, 6.07) is 7.15. The smallest absolute Gasteiger partial charge is 0.251 e. The first-order chi connectivity index (χ1) is 11.6. The van der Waals surface area contributed by atoms with Gasteiger partial charge in [0.2, 0.25) is 11.7 Å². The Bertz CT molecular complexity index is 707. The highest BCUT2D eigenvalue weighted by Crippen LogP contribution is 2.39. The van der Waals surface area contributed by atoms with Crippen LogP contribution in [0.2, 0.25) is 0 Å². The number of carbonyl (C=O) groups is 1. The lowest BCUT2D eigenvalue weighted by Gasteiger charge is -2.21. The van der Waals surface area contributed by atoms with Gasteiger partial charge in [0.1, 0.15) is 0 Å². The van der Waals surface area contributed by atoms with Gasteiger partial charge in [0.05, 0.1) is 0 Å². The van der Waals surface area contributed by atoms with Gasteiger partial charge in [0.25, 0.3) is 5.91 Å². The first kappa shape index (κ1) is 16.6. The van der Waals surface area contributed by atoms with Crippen molar-refractivity contribution in [1.82, 2.24) is 15.5 Å². The lowest BCUT2D eigenvalue weighted by molar-refractivity contribution is 0.0916. The molecule has 2 N–H and O–H groups in total. The van der Waals surface area contributed by atoms with E-state index in [2.05, 4.69) is 15.5 Å². The molecule has 1 heterocycles. The van der Waals surface area contributed by atoms with Gasteiger partial charge in [0.15, 0.2) is 0 Å². The molecule has 1 saturated carbocycles. The summed E-state index contributed by atoms with van der Waals surface area (Å²) >= 11 is 0. The topological polar surface area (TPSA) is 88.2 Å². The molecule has 3 rings (SSSR count). The van der Waals surface area contributed by atoms with Crippen LogP contribution in [0, 0.1) is 5.92 Å². The minimum absolute atomic E-state index is 0.0516. The summed E-state index contributed by atoms with van der Waals surface area (Å²) in [7, 11) is 0. The average Bonchev–Trinajstić information content (AvgIpc) is 3.31. The number of benzene rings is 1. The maximum absolute atomic E-state index is 12.5. The molecule has 1 unspecified atom stereocenters. The zero-order chi connectivity index (χ0) is 17.1. The van der Waals surface area contributed by atoms with Crippen LogP contribution >= 0.6 is 0 Å². The Balaban J connectivity index is 1.75. The van der Waals surface area contributed by atoms with Crippen LogP contribution < -0.4 is 5.32 Å². The fraction of sp³-hybridized carbons (Fsp3) is 0.500. The van der Waals surface area contributed by atoms with E-state index in [1.165, 1.54) is 0 Å². The first-order valence-corrected chi connectivity index (χ1v) is 8.44. The predicted molar refractivity (Wildman–Crippen MR) is 89.5 cm³/mol. The van der Waals surface area contributed by atoms with Gasteiger partial charge in [-0.2, -0.15) is 4.98 Å². The number of nitrogens with zero attached hydrogens (tertiary/aromatic N) is 2. The van der Waals surface area contributed by atoms with Crippen molar-refractivity contribution in [3.8, 4) is 11.4 Å². The number of rotatable bonds is 7. The van der Waals surface area contributed by atoms with Gasteiger partial charge in [-0.1, -0.05) is 31.1 Å². The average molecular weight is 329 g/mol. The third kappa shape index (κ3) is 3.82. The Hall–Kier alpha value is -2.21. The van der Waals surface area contributed by atoms with E-state index in [9.17, 15) is 4.79 Å². The van der Waals surface area contributed by atoms with Crippen LogP contribution in [-0.4, -0.2) is 33.8 Å². The normalized spacial score (nSPS) is 15.5. The molecule has 0 bridgehead atoms. The minimum Gasteiger partial charge on any atom is -0.396 e. The quantitative estimate of drug-likeness (QED) is 0.815. The zero-order valence-electron chi connectivity index (χ0n) is 14.0. The van der Waals surface area contributed by atoms with E-state index in [0.29, 0.717) is 29.6 Å². The van der Waals surface area contributed by atoms with Crippen LogP contribution in [-0.2, 0) is 0 Å². The van der Waals surface area contributed by atoms with Gasteiger partial charge in [-0.15, -0.1) is 0 Å². The number of hydrogen-bond acceptors (Lipinski definition) is 5. The third-order valence-corrected chi connectivity index (χ3v) is 4.31. The number of aromatic nitrogens is 2. The summed E-state index contributed by atoms with van der Waals surface area (Å²) in [5, 5.41) is 16.1. The molecule has 1 fully saturated rings. The Morgan fingerprint density at radius 1 is 1.42 bits per heavy atom. The first-order valence-electron chi connectivity index (χ1n) is 8.44.